The van der Waals surface area contributed by atoms with E-state index in [0.717, 1.165) is 15.2 Å². The molecular formula is C18H16ClN3O3S2. The van der Waals surface area contributed by atoms with E-state index in [1.165, 1.54) is 29.8 Å². The molecule has 1 amide bonds. The highest BCUT2D eigenvalue weighted by molar-refractivity contribution is 7.99. The summed E-state index contributed by atoms with van der Waals surface area (Å²) >= 11 is 9.22. The number of esters is 1. The Hall–Kier alpha value is -2.16. The largest absolute Gasteiger partial charge is 0.465 e. The molecule has 2 aromatic heterocycles. The summed E-state index contributed by atoms with van der Waals surface area (Å²) in [7, 11) is 1.30. The molecule has 0 aliphatic rings. The average molecular weight is 422 g/mol. The van der Waals surface area contributed by atoms with Crippen LogP contribution in [-0.2, 0) is 9.53 Å². The van der Waals surface area contributed by atoms with Crippen LogP contribution in [-0.4, -0.2) is 34.7 Å². The molecule has 1 aromatic carbocycles. The first kappa shape index (κ1) is 19.6. The number of anilines is 1. The molecule has 0 bridgehead atoms. The number of aromatic nitrogens is 2. The van der Waals surface area contributed by atoms with Crippen LogP contribution in [0.25, 0.3) is 10.2 Å². The molecular weight excluding hydrogens is 406 g/mol. The predicted molar refractivity (Wildman–Crippen MR) is 109 cm³/mol. The Morgan fingerprint density at radius 2 is 2.11 bits per heavy atom. The van der Waals surface area contributed by atoms with Gasteiger partial charge in [0.1, 0.15) is 16.2 Å². The number of rotatable bonds is 6. The number of hydrogen-bond donors (Lipinski definition) is 1. The van der Waals surface area contributed by atoms with Crippen molar-refractivity contribution >= 4 is 62.5 Å². The molecule has 3 rings (SSSR count). The standard InChI is InChI=1S/C18H16ClN3O3S2/c1-10-7-12-16(20-9-21-17(12)27-10)26-6-5-15(23)22-14-8-11(18(24)25-2)3-4-13(14)19/h3-4,7-9H,5-6H2,1-2H3,(H,22,23). The zero-order valence-electron chi connectivity index (χ0n) is 14.6. The number of amides is 1. The highest BCUT2D eigenvalue weighted by atomic mass is 35.5. The van der Waals surface area contributed by atoms with Gasteiger partial charge < -0.3 is 10.1 Å². The van der Waals surface area contributed by atoms with Crippen LogP contribution in [0.4, 0.5) is 5.69 Å². The number of ether oxygens (including phenoxy) is 1. The van der Waals surface area contributed by atoms with Gasteiger partial charge in [-0.25, -0.2) is 14.8 Å². The normalized spacial score (nSPS) is 10.8. The van der Waals surface area contributed by atoms with Gasteiger partial charge >= 0.3 is 5.97 Å². The summed E-state index contributed by atoms with van der Waals surface area (Å²) in [6, 6.07) is 6.65. The molecule has 0 saturated heterocycles. The lowest BCUT2D eigenvalue weighted by Gasteiger charge is -2.09. The number of fused-ring (bicyclic) bond motifs is 1. The van der Waals surface area contributed by atoms with Crippen molar-refractivity contribution in [3.8, 4) is 0 Å². The Balaban J connectivity index is 1.61. The molecule has 9 heteroatoms. The van der Waals surface area contributed by atoms with Gasteiger partial charge in [0.2, 0.25) is 5.91 Å². The third-order valence-corrected chi connectivity index (χ3v) is 5.94. The fraction of sp³-hybridized carbons (Fsp3) is 0.222. The van der Waals surface area contributed by atoms with E-state index in [4.69, 9.17) is 11.6 Å². The zero-order valence-corrected chi connectivity index (χ0v) is 17.0. The van der Waals surface area contributed by atoms with Gasteiger partial charge in [-0.15, -0.1) is 23.1 Å². The molecule has 0 aliphatic carbocycles. The predicted octanol–water partition coefficient (Wildman–Crippen LogP) is 4.56. The first-order valence-electron chi connectivity index (χ1n) is 7.99. The molecule has 27 heavy (non-hydrogen) atoms. The summed E-state index contributed by atoms with van der Waals surface area (Å²) in [5, 5.41) is 4.97. The van der Waals surface area contributed by atoms with Crippen LogP contribution in [0.1, 0.15) is 21.7 Å². The van der Waals surface area contributed by atoms with Gasteiger partial charge in [-0.2, -0.15) is 0 Å². The highest BCUT2D eigenvalue weighted by Crippen LogP contribution is 2.30. The molecule has 0 fully saturated rings. The molecule has 140 valence electrons. The van der Waals surface area contributed by atoms with E-state index in [1.54, 1.807) is 29.8 Å². The second-order valence-electron chi connectivity index (χ2n) is 5.59. The molecule has 1 N–H and O–H groups in total. The van der Waals surface area contributed by atoms with Crippen LogP contribution in [0.15, 0.2) is 35.6 Å². The number of nitrogens with one attached hydrogen (secondary N) is 1. The molecule has 0 aliphatic heterocycles. The van der Waals surface area contributed by atoms with Crippen molar-refractivity contribution in [3.63, 3.8) is 0 Å². The minimum absolute atomic E-state index is 0.196. The van der Waals surface area contributed by atoms with Crippen LogP contribution in [0.3, 0.4) is 0 Å². The van der Waals surface area contributed by atoms with Crippen molar-refractivity contribution in [2.45, 2.75) is 18.4 Å². The van der Waals surface area contributed by atoms with E-state index in [1.807, 2.05) is 6.92 Å². The number of thioether (sulfide) groups is 1. The van der Waals surface area contributed by atoms with Crippen molar-refractivity contribution in [1.29, 1.82) is 0 Å². The molecule has 6 nitrogen and oxygen atoms in total. The van der Waals surface area contributed by atoms with Crippen molar-refractivity contribution < 1.29 is 14.3 Å². The van der Waals surface area contributed by atoms with Gasteiger partial charge in [-0.1, -0.05) is 11.6 Å². The van der Waals surface area contributed by atoms with Crippen molar-refractivity contribution in [1.82, 2.24) is 9.97 Å². The maximum Gasteiger partial charge on any atom is 0.337 e. The van der Waals surface area contributed by atoms with Crippen LogP contribution in [0.5, 0.6) is 0 Å². The topological polar surface area (TPSA) is 81.2 Å². The van der Waals surface area contributed by atoms with Crippen molar-refractivity contribution in [2.75, 3.05) is 18.2 Å². The summed E-state index contributed by atoms with van der Waals surface area (Å²) < 4.78 is 4.68. The number of aryl methyl sites for hydroxylation is 1. The Morgan fingerprint density at radius 3 is 2.89 bits per heavy atom. The molecule has 3 aromatic rings. The second-order valence-corrected chi connectivity index (χ2v) is 8.31. The van der Waals surface area contributed by atoms with E-state index < -0.39 is 5.97 Å². The first-order chi connectivity index (χ1) is 13.0. The Bertz CT molecular complexity index is 1010. The summed E-state index contributed by atoms with van der Waals surface area (Å²) in [5.74, 6) is -0.129. The first-order valence-corrected chi connectivity index (χ1v) is 10.2. The van der Waals surface area contributed by atoms with Crippen molar-refractivity contribution in [2.24, 2.45) is 0 Å². The van der Waals surface area contributed by atoms with E-state index in [9.17, 15) is 9.59 Å². The number of carbonyl (C=O) groups excluding carboxylic acids is 2. The lowest BCUT2D eigenvalue weighted by molar-refractivity contribution is -0.115. The molecule has 0 saturated carbocycles. The van der Waals surface area contributed by atoms with E-state index in [0.29, 0.717) is 22.0 Å². The maximum atomic E-state index is 12.2. The smallest absolute Gasteiger partial charge is 0.337 e. The molecule has 0 radical (unpaired) electrons. The summed E-state index contributed by atoms with van der Waals surface area (Å²) in [6.07, 6.45) is 1.82. The number of halogens is 1. The number of carbonyl (C=O) groups is 2. The summed E-state index contributed by atoms with van der Waals surface area (Å²) in [5.41, 5.74) is 0.704. The van der Waals surface area contributed by atoms with Gasteiger partial charge in [0.25, 0.3) is 0 Å². The quantitative estimate of drug-likeness (QED) is 0.357. The molecule has 2 heterocycles. The minimum atomic E-state index is -0.489. The Labute approximate surface area is 169 Å². The lowest BCUT2D eigenvalue weighted by atomic mass is 10.2. The Kier molecular flexibility index (Phi) is 6.30. The third kappa shape index (κ3) is 4.77. The van der Waals surface area contributed by atoms with Crippen LogP contribution in [0, 0.1) is 6.92 Å². The van der Waals surface area contributed by atoms with Crippen LogP contribution >= 0.6 is 34.7 Å². The zero-order chi connectivity index (χ0) is 19.4. The number of hydrogen-bond acceptors (Lipinski definition) is 7. The monoisotopic (exact) mass is 421 g/mol. The van der Waals surface area contributed by atoms with Gasteiger partial charge in [-0.05, 0) is 31.2 Å². The third-order valence-electron chi connectivity index (χ3n) is 3.65. The SMILES string of the molecule is COC(=O)c1ccc(Cl)c(NC(=O)CCSc2ncnc3sc(C)cc23)c1. The number of thiophene rings is 1. The lowest BCUT2D eigenvalue weighted by Crippen LogP contribution is -2.13. The number of benzene rings is 1. The fourth-order valence-electron chi connectivity index (χ4n) is 2.39. The highest BCUT2D eigenvalue weighted by Gasteiger charge is 2.12. The van der Waals surface area contributed by atoms with E-state index in [2.05, 4.69) is 26.1 Å². The summed E-state index contributed by atoms with van der Waals surface area (Å²) in [4.78, 5) is 34.5. The number of nitrogens with zero attached hydrogens (tertiary/aromatic N) is 2. The van der Waals surface area contributed by atoms with Crippen molar-refractivity contribution in [3.05, 3.63) is 46.1 Å². The second kappa shape index (κ2) is 8.69. The van der Waals surface area contributed by atoms with Gasteiger partial charge in [-0.3, -0.25) is 4.79 Å². The van der Waals surface area contributed by atoms with E-state index in [-0.39, 0.29) is 12.3 Å². The van der Waals surface area contributed by atoms with Gasteiger partial charge in [0, 0.05) is 22.4 Å². The molecule has 0 unspecified atom stereocenters. The van der Waals surface area contributed by atoms with Crippen LogP contribution < -0.4 is 5.32 Å². The van der Waals surface area contributed by atoms with Crippen LogP contribution in [0.2, 0.25) is 5.02 Å². The maximum absolute atomic E-state index is 12.2. The average Bonchev–Trinajstić information content (AvgIpc) is 3.04. The summed E-state index contributed by atoms with van der Waals surface area (Å²) in [6.45, 7) is 2.03. The van der Waals surface area contributed by atoms with Gasteiger partial charge in [0.15, 0.2) is 0 Å². The molecule has 0 spiro atoms. The number of methoxy groups -OCH3 is 1. The Morgan fingerprint density at radius 1 is 1.30 bits per heavy atom. The minimum Gasteiger partial charge on any atom is -0.465 e. The van der Waals surface area contributed by atoms with E-state index >= 15 is 0 Å². The van der Waals surface area contributed by atoms with Gasteiger partial charge in [0.05, 0.1) is 23.4 Å². The fourth-order valence-corrected chi connectivity index (χ4v) is 4.38. The molecule has 0 atom stereocenters.